The lowest BCUT2D eigenvalue weighted by Gasteiger charge is -2.09. The Kier molecular flexibility index (Phi) is 6.81. The molecular weight excluding hydrogens is 422 g/mol. The Morgan fingerprint density at radius 2 is 1.82 bits per heavy atom. The molecule has 0 aliphatic heterocycles. The lowest BCUT2D eigenvalue weighted by Crippen LogP contribution is -2.03. The molecule has 0 spiro atoms. The minimum absolute atomic E-state index is 0.470. The van der Waals surface area contributed by atoms with E-state index < -0.39 is 12.6 Å². The SMILES string of the molecule is O=C(O)CON=Cc1ccccc1-c1ccc(OCc2cccc(Br)c2)cc1. The van der Waals surface area contributed by atoms with Gasteiger partial charge < -0.3 is 14.7 Å². The third-order valence-corrected chi connectivity index (χ3v) is 4.37. The number of ether oxygens (including phenoxy) is 1. The number of halogens is 1. The summed E-state index contributed by atoms with van der Waals surface area (Å²) in [5, 5.41) is 12.3. The maximum atomic E-state index is 10.5. The van der Waals surface area contributed by atoms with Crippen molar-refractivity contribution in [2.75, 3.05) is 6.61 Å². The number of hydrogen-bond acceptors (Lipinski definition) is 4. The molecule has 3 aromatic carbocycles. The van der Waals surface area contributed by atoms with E-state index in [2.05, 4.69) is 21.1 Å². The van der Waals surface area contributed by atoms with E-state index in [4.69, 9.17) is 14.7 Å². The average Bonchev–Trinajstić information content (AvgIpc) is 2.70. The molecule has 0 aromatic heterocycles. The second-order valence-electron chi connectivity index (χ2n) is 5.93. The molecule has 3 aromatic rings. The zero-order chi connectivity index (χ0) is 19.8. The van der Waals surface area contributed by atoms with E-state index in [-0.39, 0.29) is 0 Å². The van der Waals surface area contributed by atoms with Gasteiger partial charge in [-0.2, -0.15) is 0 Å². The molecule has 0 aliphatic rings. The van der Waals surface area contributed by atoms with Gasteiger partial charge >= 0.3 is 5.97 Å². The Morgan fingerprint density at radius 1 is 1.04 bits per heavy atom. The Balaban J connectivity index is 1.68. The van der Waals surface area contributed by atoms with Crippen molar-refractivity contribution in [1.82, 2.24) is 0 Å². The van der Waals surface area contributed by atoms with Crippen LogP contribution in [0, 0.1) is 0 Å². The van der Waals surface area contributed by atoms with Crippen molar-refractivity contribution in [3.63, 3.8) is 0 Å². The van der Waals surface area contributed by atoms with Crippen molar-refractivity contribution >= 4 is 28.1 Å². The van der Waals surface area contributed by atoms with Gasteiger partial charge in [0.25, 0.3) is 0 Å². The van der Waals surface area contributed by atoms with E-state index in [1.54, 1.807) is 0 Å². The molecule has 0 atom stereocenters. The summed E-state index contributed by atoms with van der Waals surface area (Å²) in [5.41, 5.74) is 3.87. The van der Waals surface area contributed by atoms with Crippen LogP contribution < -0.4 is 4.74 Å². The van der Waals surface area contributed by atoms with Gasteiger partial charge in [0.2, 0.25) is 6.61 Å². The van der Waals surface area contributed by atoms with Crippen molar-refractivity contribution in [3.05, 3.63) is 88.4 Å². The fraction of sp³-hybridized carbons (Fsp3) is 0.0909. The monoisotopic (exact) mass is 439 g/mol. The zero-order valence-corrected chi connectivity index (χ0v) is 16.5. The summed E-state index contributed by atoms with van der Waals surface area (Å²) in [6, 6.07) is 23.5. The molecule has 0 unspecified atom stereocenters. The minimum atomic E-state index is -1.07. The first kappa shape index (κ1) is 19.6. The molecule has 6 heteroatoms. The van der Waals surface area contributed by atoms with Crippen LogP contribution in [0.4, 0.5) is 0 Å². The summed E-state index contributed by atoms with van der Waals surface area (Å²) < 4.78 is 6.87. The molecule has 3 rings (SSSR count). The van der Waals surface area contributed by atoms with Crippen LogP contribution in [0.15, 0.2) is 82.4 Å². The van der Waals surface area contributed by atoms with Crippen molar-refractivity contribution in [2.24, 2.45) is 5.16 Å². The molecule has 0 radical (unpaired) electrons. The topological polar surface area (TPSA) is 68.1 Å². The molecule has 1 N–H and O–H groups in total. The maximum absolute atomic E-state index is 10.5. The summed E-state index contributed by atoms with van der Waals surface area (Å²) >= 11 is 3.46. The average molecular weight is 440 g/mol. The molecule has 0 aliphatic carbocycles. The van der Waals surface area contributed by atoms with Crippen molar-refractivity contribution in [1.29, 1.82) is 0 Å². The van der Waals surface area contributed by atoms with E-state index in [1.807, 2.05) is 72.8 Å². The standard InChI is InChI=1S/C22H18BrNO4/c23-19-6-3-4-16(12-19)14-27-20-10-8-17(9-11-20)21-7-2-1-5-18(21)13-24-28-15-22(25)26/h1-13H,14-15H2,(H,25,26). The Bertz CT molecular complexity index is 970. The summed E-state index contributed by atoms with van der Waals surface area (Å²) in [4.78, 5) is 15.2. The third-order valence-electron chi connectivity index (χ3n) is 3.87. The number of rotatable bonds is 8. The summed E-state index contributed by atoms with van der Waals surface area (Å²) in [6.07, 6.45) is 1.51. The van der Waals surface area contributed by atoms with Gasteiger partial charge in [0.1, 0.15) is 12.4 Å². The van der Waals surface area contributed by atoms with Crippen LogP contribution >= 0.6 is 15.9 Å². The minimum Gasteiger partial charge on any atom is -0.489 e. The molecule has 0 bridgehead atoms. The number of oxime groups is 1. The van der Waals surface area contributed by atoms with Gasteiger partial charge in [-0.3, -0.25) is 0 Å². The molecule has 5 nitrogen and oxygen atoms in total. The molecule has 0 saturated heterocycles. The number of aliphatic carboxylic acids is 1. The smallest absolute Gasteiger partial charge is 0.344 e. The van der Waals surface area contributed by atoms with Gasteiger partial charge in [-0.15, -0.1) is 0 Å². The highest BCUT2D eigenvalue weighted by Crippen LogP contribution is 2.25. The van der Waals surface area contributed by atoms with Gasteiger partial charge in [0.15, 0.2) is 0 Å². The Labute approximate surface area is 171 Å². The highest BCUT2D eigenvalue weighted by Gasteiger charge is 2.04. The number of benzene rings is 3. The molecule has 0 saturated carbocycles. The third kappa shape index (κ3) is 5.69. The highest BCUT2D eigenvalue weighted by atomic mass is 79.9. The van der Waals surface area contributed by atoms with Gasteiger partial charge in [-0.05, 0) is 41.0 Å². The van der Waals surface area contributed by atoms with Gasteiger partial charge in [0, 0.05) is 10.0 Å². The molecule has 0 heterocycles. The van der Waals surface area contributed by atoms with E-state index in [0.717, 1.165) is 32.5 Å². The number of carboxylic acid groups (broad SMARTS) is 1. The van der Waals surface area contributed by atoms with Crippen molar-refractivity contribution in [2.45, 2.75) is 6.61 Å². The van der Waals surface area contributed by atoms with Crippen molar-refractivity contribution in [3.8, 4) is 16.9 Å². The van der Waals surface area contributed by atoms with E-state index in [1.165, 1.54) is 6.21 Å². The summed E-state index contributed by atoms with van der Waals surface area (Å²) in [7, 11) is 0. The zero-order valence-electron chi connectivity index (χ0n) is 14.9. The first-order chi connectivity index (χ1) is 13.6. The fourth-order valence-corrected chi connectivity index (χ4v) is 3.03. The summed E-state index contributed by atoms with van der Waals surface area (Å²) in [5.74, 6) is -0.288. The van der Waals surface area contributed by atoms with E-state index in [0.29, 0.717) is 6.61 Å². The van der Waals surface area contributed by atoms with Crippen LogP contribution in [0.1, 0.15) is 11.1 Å². The van der Waals surface area contributed by atoms with Gasteiger partial charge in [-0.25, -0.2) is 4.79 Å². The fourth-order valence-electron chi connectivity index (χ4n) is 2.58. The number of carbonyl (C=O) groups is 1. The molecule has 142 valence electrons. The van der Waals surface area contributed by atoms with Crippen LogP contribution in [0.25, 0.3) is 11.1 Å². The largest absolute Gasteiger partial charge is 0.489 e. The van der Waals surface area contributed by atoms with Crippen LogP contribution in [0.5, 0.6) is 5.75 Å². The quantitative estimate of drug-likeness (QED) is 0.390. The Morgan fingerprint density at radius 3 is 2.57 bits per heavy atom. The van der Waals surface area contributed by atoms with Crippen molar-refractivity contribution < 1.29 is 19.5 Å². The predicted molar refractivity (Wildman–Crippen MR) is 112 cm³/mol. The van der Waals surface area contributed by atoms with Crippen LogP contribution in [0.3, 0.4) is 0 Å². The first-order valence-electron chi connectivity index (χ1n) is 8.55. The summed E-state index contributed by atoms with van der Waals surface area (Å²) in [6.45, 7) is 0.0195. The van der Waals surface area contributed by atoms with E-state index in [9.17, 15) is 4.79 Å². The van der Waals surface area contributed by atoms with Gasteiger partial charge in [-0.1, -0.05) is 69.6 Å². The van der Waals surface area contributed by atoms with Gasteiger partial charge in [0.05, 0.1) is 6.21 Å². The molecule has 0 amide bonds. The maximum Gasteiger partial charge on any atom is 0.344 e. The molecule has 28 heavy (non-hydrogen) atoms. The van der Waals surface area contributed by atoms with Crippen LogP contribution in [0.2, 0.25) is 0 Å². The first-order valence-corrected chi connectivity index (χ1v) is 9.35. The normalized spacial score (nSPS) is 10.8. The number of nitrogens with zero attached hydrogens (tertiary/aromatic N) is 1. The number of hydrogen-bond donors (Lipinski definition) is 1. The number of carboxylic acids is 1. The lowest BCUT2D eigenvalue weighted by molar-refractivity contribution is -0.142. The second kappa shape index (κ2) is 9.71. The lowest BCUT2D eigenvalue weighted by atomic mass is 10.0. The predicted octanol–water partition coefficient (Wildman–Crippen LogP) is 5.13. The Hall–Kier alpha value is -3.12. The van der Waals surface area contributed by atoms with Crippen LogP contribution in [-0.4, -0.2) is 23.9 Å². The highest BCUT2D eigenvalue weighted by molar-refractivity contribution is 9.10. The van der Waals surface area contributed by atoms with E-state index >= 15 is 0 Å². The van der Waals surface area contributed by atoms with Crippen LogP contribution in [-0.2, 0) is 16.2 Å². The molecule has 0 fully saturated rings. The molecular formula is C22H18BrNO4. The second-order valence-corrected chi connectivity index (χ2v) is 6.85.